The number of nitrogens with zero attached hydrogens (tertiary/aromatic N) is 1. The molecule has 1 heterocycles. The molecule has 0 aromatic heterocycles. The first-order chi connectivity index (χ1) is 9.49. The van der Waals surface area contributed by atoms with Crippen molar-refractivity contribution in [1.82, 2.24) is 4.90 Å². The largest absolute Gasteiger partial charge is 0.480 e. The van der Waals surface area contributed by atoms with E-state index in [0.29, 0.717) is 30.5 Å². The number of allylic oxidation sites excluding steroid dienone is 1. The molecule has 1 aromatic carbocycles. The maximum atomic E-state index is 13.1. The van der Waals surface area contributed by atoms with Crippen LogP contribution in [0.3, 0.4) is 0 Å². The number of amides is 1. The van der Waals surface area contributed by atoms with Gasteiger partial charge in [-0.2, -0.15) is 0 Å². The molecule has 0 radical (unpaired) electrons. The summed E-state index contributed by atoms with van der Waals surface area (Å²) < 4.78 is 13.1. The number of hydrogen-bond donors (Lipinski definition) is 1. The van der Waals surface area contributed by atoms with Crippen LogP contribution < -0.4 is 0 Å². The molecule has 1 amide bonds. The van der Waals surface area contributed by atoms with Crippen LogP contribution in [0.4, 0.5) is 4.39 Å². The maximum absolute atomic E-state index is 13.1. The summed E-state index contributed by atoms with van der Waals surface area (Å²) in [5, 5.41) is 9.06. The molecular formula is C15H16FNO3. The Hall–Kier alpha value is -2.17. The van der Waals surface area contributed by atoms with Gasteiger partial charge in [0.25, 0.3) is 0 Å². The fraction of sp³-hybridized carbons (Fsp3) is 0.333. The summed E-state index contributed by atoms with van der Waals surface area (Å²) in [5.41, 5.74) is 1.23. The van der Waals surface area contributed by atoms with Crippen molar-refractivity contribution in [2.24, 2.45) is 0 Å². The first-order valence-electron chi connectivity index (χ1n) is 6.46. The maximum Gasteiger partial charge on any atom is 0.326 e. The van der Waals surface area contributed by atoms with Crippen LogP contribution >= 0.6 is 0 Å². The Labute approximate surface area is 116 Å². The van der Waals surface area contributed by atoms with E-state index in [4.69, 9.17) is 5.11 Å². The Morgan fingerprint density at radius 1 is 1.45 bits per heavy atom. The van der Waals surface area contributed by atoms with E-state index in [0.717, 1.165) is 0 Å². The lowest BCUT2D eigenvalue weighted by Crippen LogP contribution is -2.39. The molecule has 0 saturated carbocycles. The molecule has 1 saturated heterocycles. The molecule has 1 fully saturated rings. The first-order valence-corrected chi connectivity index (χ1v) is 6.46. The molecule has 1 aliphatic rings. The van der Waals surface area contributed by atoms with E-state index in [2.05, 4.69) is 0 Å². The molecule has 0 unspecified atom stereocenters. The van der Waals surface area contributed by atoms with Gasteiger partial charge in [0.05, 0.1) is 0 Å². The molecule has 106 valence electrons. The van der Waals surface area contributed by atoms with Gasteiger partial charge in [0, 0.05) is 12.6 Å². The van der Waals surface area contributed by atoms with Gasteiger partial charge in [-0.25, -0.2) is 9.18 Å². The summed E-state index contributed by atoms with van der Waals surface area (Å²) in [6.07, 6.45) is 2.54. The highest BCUT2D eigenvalue weighted by molar-refractivity contribution is 5.97. The summed E-state index contributed by atoms with van der Waals surface area (Å²) in [6, 6.07) is 5.21. The third-order valence-corrected chi connectivity index (χ3v) is 3.44. The number of carbonyl (C=O) groups is 2. The van der Waals surface area contributed by atoms with Gasteiger partial charge >= 0.3 is 5.97 Å². The molecule has 1 aromatic rings. The van der Waals surface area contributed by atoms with Gasteiger partial charge in [-0.1, -0.05) is 12.1 Å². The SMILES string of the molecule is C/C(=C/C(=O)N1CCC[C@@H]1C(=O)O)c1cccc(F)c1. The third kappa shape index (κ3) is 3.04. The average molecular weight is 277 g/mol. The van der Waals surface area contributed by atoms with Gasteiger partial charge in [0.2, 0.25) is 5.91 Å². The normalized spacial score (nSPS) is 19.2. The standard InChI is InChI=1S/C15H16FNO3/c1-10(11-4-2-5-12(16)9-11)8-14(18)17-7-3-6-13(17)15(19)20/h2,4-5,8-9,13H,3,6-7H2,1H3,(H,19,20)/b10-8-/t13-/m1/s1. The van der Waals surface area contributed by atoms with Crippen molar-refractivity contribution in [1.29, 1.82) is 0 Å². The molecule has 0 spiro atoms. The molecule has 0 aliphatic carbocycles. The van der Waals surface area contributed by atoms with Crippen molar-refractivity contribution in [3.8, 4) is 0 Å². The number of carboxylic acids is 1. The fourth-order valence-electron chi connectivity index (χ4n) is 2.37. The summed E-state index contributed by atoms with van der Waals surface area (Å²) in [7, 11) is 0. The number of carboxylic acid groups (broad SMARTS) is 1. The molecule has 1 N–H and O–H groups in total. The molecule has 20 heavy (non-hydrogen) atoms. The van der Waals surface area contributed by atoms with Gasteiger partial charge < -0.3 is 10.0 Å². The smallest absolute Gasteiger partial charge is 0.326 e. The number of hydrogen-bond acceptors (Lipinski definition) is 2. The molecule has 2 rings (SSSR count). The quantitative estimate of drug-likeness (QED) is 0.862. The fourth-order valence-corrected chi connectivity index (χ4v) is 2.37. The highest BCUT2D eigenvalue weighted by Crippen LogP contribution is 2.20. The van der Waals surface area contributed by atoms with E-state index in [9.17, 15) is 14.0 Å². The van der Waals surface area contributed by atoms with Gasteiger partial charge in [-0.15, -0.1) is 0 Å². The molecular weight excluding hydrogens is 261 g/mol. The summed E-state index contributed by atoms with van der Waals surface area (Å²) >= 11 is 0. The van der Waals surface area contributed by atoms with Crippen LogP contribution in [-0.4, -0.2) is 34.5 Å². The number of halogens is 1. The van der Waals surface area contributed by atoms with E-state index < -0.39 is 12.0 Å². The number of benzene rings is 1. The second kappa shape index (κ2) is 5.86. The molecule has 0 bridgehead atoms. The Morgan fingerprint density at radius 2 is 2.20 bits per heavy atom. The van der Waals surface area contributed by atoms with E-state index in [-0.39, 0.29) is 11.7 Å². The molecule has 1 atom stereocenters. The average Bonchev–Trinajstić information content (AvgIpc) is 2.88. The minimum Gasteiger partial charge on any atom is -0.480 e. The van der Waals surface area contributed by atoms with Crippen molar-refractivity contribution in [3.05, 3.63) is 41.7 Å². The van der Waals surface area contributed by atoms with E-state index in [1.807, 2.05) is 0 Å². The monoisotopic (exact) mass is 277 g/mol. The van der Waals surface area contributed by atoms with Crippen LogP contribution in [0, 0.1) is 5.82 Å². The van der Waals surface area contributed by atoms with Crippen LogP contribution in [0.2, 0.25) is 0 Å². The highest BCUT2D eigenvalue weighted by atomic mass is 19.1. The summed E-state index contributed by atoms with van der Waals surface area (Å²) in [4.78, 5) is 24.5. The lowest BCUT2D eigenvalue weighted by atomic mass is 10.1. The Balaban J connectivity index is 2.17. The van der Waals surface area contributed by atoms with Crippen LogP contribution in [0.5, 0.6) is 0 Å². The molecule has 1 aliphatic heterocycles. The predicted octanol–water partition coefficient (Wildman–Crippen LogP) is 2.30. The lowest BCUT2D eigenvalue weighted by molar-refractivity contribution is -0.146. The zero-order valence-electron chi connectivity index (χ0n) is 11.2. The third-order valence-electron chi connectivity index (χ3n) is 3.44. The van der Waals surface area contributed by atoms with Gasteiger partial charge in [-0.3, -0.25) is 4.79 Å². The van der Waals surface area contributed by atoms with Crippen LogP contribution in [0.25, 0.3) is 5.57 Å². The van der Waals surface area contributed by atoms with Gasteiger partial charge in [0.1, 0.15) is 11.9 Å². The number of aliphatic carboxylic acids is 1. The van der Waals surface area contributed by atoms with Crippen LogP contribution in [-0.2, 0) is 9.59 Å². The molecule has 5 heteroatoms. The van der Waals surface area contributed by atoms with E-state index >= 15 is 0 Å². The Bertz CT molecular complexity index is 568. The minimum absolute atomic E-state index is 0.336. The van der Waals surface area contributed by atoms with E-state index in [1.54, 1.807) is 19.1 Å². The Morgan fingerprint density at radius 3 is 2.85 bits per heavy atom. The summed E-state index contributed by atoms with van der Waals surface area (Å²) in [6.45, 7) is 2.15. The zero-order chi connectivity index (χ0) is 14.7. The van der Waals surface area contributed by atoms with Crippen LogP contribution in [0.15, 0.2) is 30.3 Å². The van der Waals surface area contributed by atoms with Gasteiger partial charge in [-0.05, 0) is 43.0 Å². The van der Waals surface area contributed by atoms with Crippen molar-refractivity contribution in [2.75, 3.05) is 6.54 Å². The van der Waals surface area contributed by atoms with Gasteiger partial charge in [0.15, 0.2) is 0 Å². The topological polar surface area (TPSA) is 57.6 Å². The minimum atomic E-state index is -0.979. The second-order valence-electron chi connectivity index (χ2n) is 4.87. The lowest BCUT2D eigenvalue weighted by Gasteiger charge is -2.20. The highest BCUT2D eigenvalue weighted by Gasteiger charge is 2.32. The van der Waals surface area contributed by atoms with Crippen molar-refractivity contribution < 1.29 is 19.1 Å². The van der Waals surface area contributed by atoms with Crippen molar-refractivity contribution in [2.45, 2.75) is 25.8 Å². The van der Waals surface area contributed by atoms with Crippen LogP contribution in [0.1, 0.15) is 25.3 Å². The van der Waals surface area contributed by atoms with Crippen molar-refractivity contribution in [3.63, 3.8) is 0 Å². The molecule has 4 nitrogen and oxygen atoms in total. The summed E-state index contributed by atoms with van der Waals surface area (Å²) in [5.74, 6) is -1.68. The number of rotatable bonds is 3. The second-order valence-corrected chi connectivity index (χ2v) is 4.87. The zero-order valence-corrected chi connectivity index (χ0v) is 11.2. The Kier molecular flexibility index (Phi) is 4.17. The van der Waals surface area contributed by atoms with Crippen molar-refractivity contribution >= 4 is 17.4 Å². The number of likely N-dealkylation sites (tertiary alicyclic amines) is 1. The number of carbonyl (C=O) groups excluding carboxylic acids is 1. The predicted molar refractivity (Wildman–Crippen MR) is 72.4 cm³/mol. The van der Waals surface area contributed by atoms with E-state index in [1.165, 1.54) is 23.1 Å². The first kappa shape index (κ1) is 14.2.